The highest BCUT2D eigenvalue weighted by Gasteiger charge is 2.27. The molecule has 3 aromatic carbocycles. The molecule has 1 aliphatic rings. The fourth-order valence-electron chi connectivity index (χ4n) is 5.07. The molecule has 0 aliphatic carbocycles. The lowest BCUT2D eigenvalue weighted by Crippen LogP contribution is -2.37. The van der Waals surface area contributed by atoms with E-state index in [4.69, 9.17) is 0 Å². The topological polar surface area (TPSA) is 57.5 Å². The second-order valence-electron chi connectivity index (χ2n) is 9.23. The Morgan fingerprint density at radius 2 is 1.71 bits per heavy atom. The number of benzene rings is 3. The lowest BCUT2D eigenvalue weighted by molar-refractivity contribution is 0.0938. The molecule has 2 N–H and O–H groups in total. The predicted octanol–water partition coefficient (Wildman–Crippen LogP) is 4.75. The molecule has 5 nitrogen and oxygen atoms in total. The molecule has 0 saturated carbocycles. The molecular weight excluding hydrogens is 422 g/mol. The van der Waals surface area contributed by atoms with Crippen molar-refractivity contribution in [2.45, 2.75) is 32.4 Å². The average molecular weight is 454 g/mol. The smallest absolute Gasteiger partial charge is 0.253 e. The van der Waals surface area contributed by atoms with E-state index < -0.39 is 0 Å². The van der Waals surface area contributed by atoms with E-state index in [0.29, 0.717) is 12.1 Å². The van der Waals surface area contributed by atoms with E-state index in [2.05, 4.69) is 51.2 Å². The number of nitrogens with one attached hydrogen (secondary N) is 1. The van der Waals surface area contributed by atoms with Gasteiger partial charge in [0.2, 0.25) is 0 Å². The first-order chi connectivity index (χ1) is 16.6. The van der Waals surface area contributed by atoms with E-state index in [1.807, 2.05) is 37.3 Å². The average Bonchev–Trinajstić information content (AvgIpc) is 3.40. The summed E-state index contributed by atoms with van der Waals surface area (Å²) in [7, 11) is 0. The number of phenols is 1. The van der Waals surface area contributed by atoms with Gasteiger partial charge >= 0.3 is 0 Å². The van der Waals surface area contributed by atoms with Crippen LogP contribution in [0, 0.1) is 6.92 Å². The normalized spacial score (nSPS) is 16.2. The molecule has 1 unspecified atom stereocenters. The highest BCUT2D eigenvalue weighted by molar-refractivity contribution is 6.09. The lowest BCUT2D eigenvalue weighted by atomic mass is 10.1. The number of carbonyl (C=O) groups excluding carboxylic acids is 1. The van der Waals surface area contributed by atoms with Crippen LogP contribution in [0.2, 0.25) is 0 Å². The number of hydrogen-bond acceptors (Lipinski definition) is 3. The Morgan fingerprint density at radius 1 is 1.00 bits per heavy atom. The van der Waals surface area contributed by atoms with Crippen molar-refractivity contribution in [3.63, 3.8) is 0 Å². The number of carbonyl (C=O) groups is 1. The molecule has 4 aromatic rings. The van der Waals surface area contributed by atoms with Gasteiger partial charge in [0.1, 0.15) is 5.75 Å². The number of fused-ring (bicyclic) bond motifs is 1. The van der Waals surface area contributed by atoms with Crippen molar-refractivity contribution in [1.29, 1.82) is 0 Å². The SMILES string of the molecule is Cc1c(C(=O)NC2CCN(CCc3ccccc3)C2)c2cc(O)ccc2n1Cc1ccccc1. The van der Waals surface area contributed by atoms with Gasteiger partial charge in [-0.25, -0.2) is 0 Å². The molecule has 1 aliphatic heterocycles. The molecule has 1 fully saturated rings. The Kier molecular flexibility index (Phi) is 6.37. The van der Waals surface area contributed by atoms with E-state index in [0.717, 1.165) is 49.1 Å². The first kappa shape index (κ1) is 22.2. The van der Waals surface area contributed by atoms with Gasteiger partial charge in [0, 0.05) is 48.8 Å². The minimum absolute atomic E-state index is 0.0604. The van der Waals surface area contributed by atoms with Crippen molar-refractivity contribution in [2.75, 3.05) is 19.6 Å². The van der Waals surface area contributed by atoms with Crippen LogP contribution in [-0.4, -0.2) is 46.2 Å². The molecular formula is C29H31N3O2. The number of aromatic hydroxyl groups is 1. The molecule has 1 aromatic heterocycles. The third-order valence-electron chi connectivity index (χ3n) is 6.88. The second-order valence-corrected chi connectivity index (χ2v) is 9.23. The molecule has 0 radical (unpaired) electrons. The van der Waals surface area contributed by atoms with E-state index in [-0.39, 0.29) is 17.7 Å². The third-order valence-corrected chi connectivity index (χ3v) is 6.88. The Morgan fingerprint density at radius 3 is 2.44 bits per heavy atom. The van der Waals surface area contributed by atoms with Gasteiger partial charge in [-0.2, -0.15) is 0 Å². The maximum atomic E-state index is 13.5. The number of amides is 1. The molecule has 34 heavy (non-hydrogen) atoms. The summed E-state index contributed by atoms with van der Waals surface area (Å²) < 4.78 is 2.17. The fraction of sp³-hybridized carbons (Fsp3) is 0.276. The zero-order valence-corrected chi connectivity index (χ0v) is 19.6. The predicted molar refractivity (Wildman–Crippen MR) is 136 cm³/mol. The van der Waals surface area contributed by atoms with Gasteiger partial charge in [0.05, 0.1) is 5.56 Å². The van der Waals surface area contributed by atoms with Gasteiger partial charge in [0.25, 0.3) is 5.91 Å². The number of likely N-dealkylation sites (tertiary alicyclic amines) is 1. The van der Waals surface area contributed by atoms with Crippen LogP contribution in [0.5, 0.6) is 5.75 Å². The van der Waals surface area contributed by atoms with E-state index in [1.165, 1.54) is 11.1 Å². The Labute approximate surface area is 200 Å². The minimum Gasteiger partial charge on any atom is -0.508 e. The first-order valence-electron chi connectivity index (χ1n) is 12.0. The number of phenolic OH excluding ortho intramolecular Hbond substituents is 1. The van der Waals surface area contributed by atoms with Crippen molar-refractivity contribution in [3.05, 3.63) is 101 Å². The second kappa shape index (κ2) is 9.74. The molecule has 2 heterocycles. The number of aromatic nitrogens is 1. The summed E-state index contributed by atoms with van der Waals surface area (Å²) in [4.78, 5) is 15.9. The summed E-state index contributed by atoms with van der Waals surface area (Å²) >= 11 is 0. The summed E-state index contributed by atoms with van der Waals surface area (Å²) in [5.41, 5.74) is 5.05. The van der Waals surface area contributed by atoms with Gasteiger partial charge in [-0.3, -0.25) is 4.79 Å². The molecule has 1 saturated heterocycles. The highest BCUT2D eigenvalue weighted by Crippen LogP contribution is 2.30. The van der Waals surface area contributed by atoms with Crippen LogP contribution in [0.4, 0.5) is 0 Å². The monoisotopic (exact) mass is 453 g/mol. The van der Waals surface area contributed by atoms with Gasteiger partial charge < -0.3 is 19.9 Å². The molecule has 174 valence electrons. The quantitative estimate of drug-likeness (QED) is 0.425. The molecule has 0 bridgehead atoms. The Hall–Kier alpha value is -3.57. The van der Waals surface area contributed by atoms with E-state index >= 15 is 0 Å². The first-order valence-corrected chi connectivity index (χ1v) is 12.0. The zero-order chi connectivity index (χ0) is 23.5. The van der Waals surface area contributed by atoms with Crippen LogP contribution in [0.25, 0.3) is 10.9 Å². The van der Waals surface area contributed by atoms with Crippen LogP contribution < -0.4 is 5.32 Å². The van der Waals surface area contributed by atoms with E-state index in [1.54, 1.807) is 12.1 Å². The Balaban J connectivity index is 1.32. The minimum atomic E-state index is -0.0604. The fourth-order valence-corrected chi connectivity index (χ4v) is 5.07. The third kappa shape index (κ3) is 4.70. The van der Waals surface area contributed by atoms with Crippen molar-refractivity contribution in [1.82, 2.24) is 14.8 Å². The summed E-state index contributed by atoms with van der Waals surface area (Å²) in [6, 6.07) is 26.2. The van der Waals surface area contributed by atoms with Crippen LogP contribution >= 0.6 is 0 Å². The van der Waals surface area contributed by atoms with E-state index in [9.17, 15) is 9.90 Å². The van der Waals surface area contributed by atoms with Crippen LogP contribution in [0.1, 0.15) is 33.6 Å². The summed E-state index contributed by atoms with van der Waals surface area (Å²) in [5, 5.41) is 14.2. The molecule has 1 atom stereocenters. The van der Waals surface area contributed by atoms with Gasteiger partial charge in [-0.15, -0.1) is 0 Å². The summed E-state index contributed by atoms with van der Waals surface area (Å²) in [6.07, 6.45) is 1.97. The molecule has 5 heteroatoms. The molecule has 1 amide bonds. The zero-order valence-electron chi connectivity index (χ0n) is 19.6. The number of hydrogen-bond donors (Lipinski definition) is 2. The van der Waals surface area contributed by atoms with Gasteiger partial charge in [-0.1, -0.05) is 60.7 Å². The highest BCUT2D eigenvalue weighted by atomic mass is 16.3. The van der Waals surface area contributed by atoms with Crippen molar-refractivity contribution in [3.8, 4) is 5.75 Å². The summed E-state index contributed by atoms with van der Waals surface area (Å²) in [5.74, 6) is 0.112. The molecule has 5 rings (SSSR count). The number of nitrogens with zero attached hydrogens (tertiary/aromatic N) is 2. The van der Waals surface area contributed by atoms with Crippen molar-refractivity contribution in [2.24, 2.45) is 0 Å². The van der Waals surface area contributed by atoms with Crippen LogP contribution in [-0.2, 0) is 13.0 Å². The van der Waals surface area contributed by atoms with Crippen LogP contribution in [0.3, 0.4) is 0 Å². The van der Waals surface area contributed by atoms with Crippen molar-refractivity contribution >= 4 is 16.8 Å². The van der Waals surface area contributed by atoms with Gasteiger partial charge in [-0.05, 0) is 49.1 Å². The van der Waals surface area contributed by atoms with Crippen LogP contribution in [0.15, 0.2) is 78.9 Å². The standard InChI is InChI=1S/C29H31N3O2/c1-21-28(26-18-25(33)12-13-27(26)32(21)19-23-10-6-3-7-11-23)29(34)30-24-15-17-31(20-24)16-14-22-8-4-2-5-9-22/h2-13,18,24,33H,14-17,19-20H2,1H3,(H,30,34). The van der Waals surface area contributed by atoms with Gasteiger partial charge in [0.15, 0.2) is 0 Å². The largest absolute Gasteiger partial charge is 0.508 e. The summed E-state index contributed by atoms with van der Waals surface area (Å²) in [6.45, 7) is 5.53. The maximum Gasteiger partial charge on any atom is 0.253 e. The van der Waals surface area contributed by atoms with Crippen molar-refractivity contribution < 1.29 is 9.90 Å². The molecule has 0 spiro atoms. The Bertz CT molecular complexity index is 1280. The number of rotatable bonds is 7. The maximum absolute atomic E-state index is 13.5. The lowest BCUT2D eigenvalue weighted by Gasteiger charge is -2.17.